The van der Waals surface area contributed by atoms with Crippen LogP contribution in [0.4, 0.5) is 5.95 Å². The van der Waals surface area contributed by atoms with E-state index in [1.807, 2.05) is 18.7 Å². The third kappa shape index (κ3) is 2.15. The molecule has 0 aliphatic heterocycles. The van der Waals surface area contributed by atoms with Crippen molar-refractivity contribution in [3.05, 3.63) is 0 Å². The van der Waals surface area contributed by atoms with Crippen LogP contribution in [0.25, 0.3) is 0 Å². The van der Waals surface area contributed by atoms with Gasteiger partial charge in [-0.2, -0.15) is 0 Å². The Morgan fingerprint density at radius 3 is 2.62 bits per heavy atom. The molecule has 1 aromatic rings. The van der Waals surface area contributed by atoms with Crippen molar-refractivity contribution in [1.29, 1.82) is 0 Å². The zero-order valence-electron chi connectivity index (χ0n) is 8.17. The van der Waals surface area contributed by atoms with Gasteiger partial charge in [-0.3, -0.25) is 0 Å². The molecule has 0 fully saturated rings. The highest BCUT2D eigenvalue weighted by molar-refractivity contribution is 5.28. The minimum Gasteiger partial charge on any atom is -0.395 e. The average molecular weight is 185 g/mol. The summed E-state index contributed by atoms with van der Waals surface area (Å²) < 4.78 is 1.59. The molecule has 0 atom stereocenters. The van der Waals surface area contributed by atoms with E-state index in [9.17, 15) is 0 Å². The molecule has 0 radical (unpaired) electrons. The smallest absolute Gasteiger partial charge is 0.245 e. The molecule has 0 aliphatic carbocycles. The first-order valence-corrected chi connectivity index (χ1v) is 4.26. The van der Waals surface area contributed by atoms with E-state index in [1.54, 1.807) is 11.7 Å². The van der Waals surface area contributed by atoms with Crippen LogP contribution in [0.15, 0.2) is 0 Å². The Morgan fingerprint density at radius 1 is 1.54 bits per heavy atom. The first-order chi connectivity index (χ1) is 6.16. The SMILES string of the molecule is CC(C)N(CCO)c1nnnn1C. The summed E-state index contributed by atoms with van der Waals surface area (Å²) in [5.74, 6) is 0.684. The lowest BCUT2D eigenvalue weighted by atomic mass is 10.3. The van der Waals surface area contributed by atoms with Crippen LogP contribution in [0.3, 0.4) is 0 Å². The van der Waals surface area contributed by atoms with Crippen LogP contribution >= 0.6 is 0 Å². The van der Waals surface area contributed by atoms with E-state index >= 15 is 0 Å². The number of aromatic nitrogens is 4. The van der Waals surface area contributed by atoms with Crippen molar-refractivity contribution in [1.82, 2.24) is 20.2 Å². The molecule has 13 heavy (non-hydrogen) atoms. The lowest BCUT2D eigenvalue weighted by Crippen LogP contribution is -2.35. The lowest BCUT2D eigenvalue weighted by Gasteiger charge is -2.25. The fourth-order valence-electron chi connectivity index (χ4n) is 1.16. The zero-order chi connectivity index (χ0) is 9.84. The number of hydrogen-bond donors (Lipinski definition) is 1. The first kappa shape index (κ1) is 9.91. The van der Waals surface area contributed by atoms with Gasteiger partial charge in [0.2, 0.25) is 5.95 Å². The van der Waals surface area contributed by atoms with Gasteiger partial charge in [-0.25, -0.2) is 4.68 Å². The van der Waals surface area contributed by atoms with Crippen molar-refractivity contribution in [2.75, 3.05) is 18.1 Å². The quantitative estimate of drug-likeness (QED) is 0.679. The van der Waals surface area contributed by atoms with Gasteiger partial charge < -0.3 is 10.0 Å². The molecule has 0 spiro atoms. The zero-order valence-corrected chi connectivity index (χ0v) is 8.17. The second-order valence-electron chi connectivity index (χ2n) is 3.11. The number of hydrogen-bond acceptors (Lipinski definition) is 5. The fraction of sp³-hybridized carbons (Fsp3) is 0.857. The van der Waals surface area contributed by atoms with E-state index in [1.165, 1.54) is 0 Å². The number of anilines is 1. The minimum absolute atomic E-state index is 0.102. The maximum Gasteiger partial charge on any atom is 0.245 e. The summed E-state index contributed by atoms with van der Waals surface area (Å²) in [6, 6.07) is 0.275. The summed E-state index contributed by atoms with van der Waals surface area (Å²) in [6.45, 7) is 4.71. The number of nitrogens with zero attached hydrogens (tertiary/aromatic N) is 5. The molecule has 0 amide bonds. The topological polar surface area (TPSA) is 67.1 Å². The second-order valence-corrected chi connectivity index (χ2v) is 3.11. The van der Waals surface area contributed by atoms with E-state index in [-0.39, 0.29) is 12.6 Å². The molecule has 74 valence electrons. The number of aliphatic hydroxyl groups excluding tert-OH is 1. The van der Waals surface area contributed by atoms with Gasteiger partial charge in [-0.15, -0.1) is 0 Å². The minimum atomic E-state index is 0.102. The van der Waals surface area contributed by atoms with Crippen molar-refractivity contribution < 1.29 is 5.11 Å². The average Bonchev–Trinajstić information content (AvgIpc) is 2.47. The molecule has 1 N–H and O–H groups in total. The molecule has 6 heteroatoms. The second kappa shape index (κ2) is 4.18. The Balaban J connectivity index is 2.82. The highest BCUT2D eigenvalue weighted by Crippen LogP contribution is 2.09. The monoisotopic (exact) mass is 185 g/mol. The van der Waals surface area contributed by atoms with Crippen LogP contribution in [-0.4, -0.2) is 44.5 Å². The van der Waals surface area contributed by atoms with Gasteiger partial charge in [0.15, 0.2) is 0 Å². The number of aliphatic hydroxyl groups is 1. The molecule has 0 unspecified atom stereocenters. The normalized spacial score (nSPS) is 10.8. The van der Waals surface area contributed by atoms with Crippen LogP contribution in [-0.2, 0) is 7.05 Å². The van der Waals surface area contributed by atoms with E-state index < -0.39 is 0 Å². The standard InChI is InChI=1S/C7H15N5O/c1-6(2)12(4-5-13)7-8-9-10-11(7)3/h6,13H,4-5H2,1-3H3. The van der Waals surface area contributed by atoms with Crippen molar-refractivity contribution in [2.45, 2.75) is 19.9 Å². The Morgan fingerprint density at radius 2 is 2.23 bits per heavy atom. The summed E-state index contributed by atoms with van der Waals surface area (Å²) in [4.78, 5) is 1.94. The predicted molar refractivity (Wildman–Crippen MR) is 48.4 cm³/mol. The molecule has 1 aromatic heterocycles. The van der Waals surface area contributed by atoms with E-state index in [2.05, 4.69) is 15.5 Å². The summed E-state index contributed by atoms with van der Waals surface area (Å²) in [5, 5.41) is 20.0. The number of rotatable bonds is 4. The molecular weight excluding hydrogens is 170 g/mol. The van der Waals surface area contributed by atoms with E-state index in [4.69, 9.17) is 5.11 Å². The Kier molecular flexibility index (Phi) is 3.18. The fourth-order valence-corrected chi connectivity index (χ4v) is 1.16. The summed E-state index contributed by atoms with van der Waals surface area (Å²) >= 11 is 0. The first-order valence-electron chi connectivity index (χ1n) is 4.26. The Hall–Kier alpha value is -1.17. The molecule has 0 bridgehead atoms. The molecule has 6 nitrogen and oxygen atoms in total. The van der Waals surface area contributed by atoms with Gasteiger partial charge in [0, 0.05) is 19.6 Å². The van der Waals surface area contributed by atoms with Gasteiger partial charge in [0.25, 0.3) is 0 Å². The van der Waals surface area contributed by atoms with Crippen molar-refractivity contribution >= 4 is 5.95 Å². The number of tetrazole rings is 1. The predicted octanol–water partition coefficient (Wildman–Crippen LogP) is -0.583. The molecule has 0 aromatic carbocycles. The van der Waals surface area contributed by atoms with Gasteiger partial charge in [-0.1, -0.05) is 5.10 Å². The highest BCUT2D eigenvalue weighted by atomic mass is 16.3. The Bertz CT molecular complexity index is 259. The van der Waals surface area contributed by atoms with Crippen LogP contribution < -0.4 is 4.90 Å². The van der Waals surface area contributed by atoms with Gasteiger partial charge in [0.05, 0.1) is 6.61 Å². The van der Waals surface area contributed by atoms with Gasteiger partial charge in [-0.05, 0) is 24.3 Å². The highest BCUT2D eigenvalue weighted by Gasteiger charge is 2.15. The van der Waals surface area contributed by atoms with Crippen molar-refractivity contribution in [3.63, 3.8) is 0 Å². The largest absolute Gasteiger partial charge is 0.395 e. The van der Waals surface area contributed by atoms with Crippen LogP contribution in [0.2, 0.25) is 0 Å². The summed E-state index contributed by atoms with van der Waals surface area (Å²) in [7, 11) is 1.78. The number of aryl methyl sites for hydroxylation is 1. The third-order valence-electron chi connectivity index (χ3n) is 1.82. The van der Waals surface area contributed by atoms with Crippen molar-refractivity contribution in [3.8, 4) is 0 Å². The molecule has 0 aliphatic rings. The van der Waals surface area contributed by atoms with E-state index in [0.717, 1.165) is 0 Å². The molecular formula is C7H15N5O. The lowest BCUT2D eigenvalue weighted by molar-refractivity contribution is 0.297. The molecule has 0 saturated heterocycles. The van der Waals surface area contributed by atoms with Gasteiger partial charge >= 0.3 is 0 Å². The maximum absolute atomic E-state index is 8.86. The Labute approximate surface area is 77.2 Å². The third-order valence-corrected chi connectivity index (χ3v) is 1.82. The summed E-state index contributed by atoms with van der Waals surface area (Å²) in [5.41, 5.74) is 0. The molecule has 1 heterocycles. The van der Waals surface area contributed by atoms with Crippen LogP contribution in [0.1, 0.15) is 13.8 Å². The van der Waals surface area contributed by atoms with Crippen molar-refractivity contribution in [2.24, 2.45) is 7.05 Å². The van der Waals surface area contributed by atoms with Crippen LogP contribution in [0.5, 0.6) is 0 Å². The summed E-state index contributed by atoms with van der Waals surface area (Å²) in [6.07, 6.45) is 0. The van der Waals surface area contributed by atoms with Gasteiger partial charge in [0.1, 0.15) is 0 Å². The molecule has 1 rings (SSSR count). The maximum atomic E-state index is 8.86. The van der Waals surface area contributed by atoms with Crippen LogP contribution in [0, 0.1) is 0 Å². The molecule has 0 saturated carbocycles. The van der Waals surface area contributed by atoms with E-state index in [0.29, 0.717) is 12.5 Å².